The van der Waals surface area contributed by atoms with Crippen molar-refractivity contribution in [2.24, 2.45) is 0 Å². The predicted octanol–water partition coefficient (Wildman–Crippen LogP) is 3.73. The highest BCUT2D eigenvalue weighted by Crippen LogP contribution is 2.23. The Bertz CT molecular complexity index is 475. The SMILES string of the molecule is CC(Nc1cccc(Cl)c1F)C(=O)NC1CCCCC1. The third-order valence-corrected chi connectivity index (χ3v) is 3.96. The van der Waals surface area contributed by atoms with Crippen molar-refractivity contribution in [2.45, 2.75) is 51.1 Å². The summed E-state index contributed by atoms with van der Waals surface area (Å²) in [5.74, 6) is -0.622. The molecule has 1 aliphatic rings. The molecule has 1 unspecified atom stereocenters. The Hall–Kier alpha value is -1.29. The number of hydrogen-bond donors (Lipinski definition) is 2. The summed E-state index contributed by atoms with van der Waals surface area (Å²) in [5, 5.41) is 5.94. The number of carbonyl (C=O) groups is 1. The topological polar surface area (TPSA) is 41.1 Å². The minimum absolute atomic E-state index is 0.0508. The molecule has 5 heteroatoms. The van der Waals surface area contributed by atoms with Crippen molar-refractivity contribution in [2.75, 3.05) is 5.32 Å². The first-order chi connectivity index (χ1) is 9.58. The van der Waals surface area contributed by atoms with Crippen molar-refractivity contribution in [3.05, 3.63) is 29.0 Å². The van der Waals surface area contributed by atoms with Gasteiger partial charge in [-0.15, -0.1) is 0 Å². The molecular formula is C15H20ClFN2O. The van der Waals surface area contributed by atoms with E-state index in [1.807, 2.05) is 0 Å². The number of amides is 1. The monoisotopic (exact) mass is 298 g/mol. The van der Waals surface area contributed by atoms with Gasteiger partial charge >= 0.3 is 0 Å². The Morgan fingerprint density at radius 1 is 1.35 bits per heavy atom. The Kier molecular flexibility index (Phi) is 5.24. The molecule has 3 nitrogen and oxygen atoms in total. The maximum Gasteiger partial charge on any atom is 0.242 e. The van der Waals surface area contributed by atoms with Gasteiger partial charge in [0.2, 0.25) is 5.91 Å². The van der Waals surface area contributed by atoms with Gasteiger partial charge in [-0.05, 0) is 31.9 Å². The predicted molar refractivity (Wildman–Crippen MR) is 79.5 cm³/mol. The maximum absolute atomic E-state index is 13.8. The summed E-state index contributed by atoms with van der Waals surface area (Å²) in [6.45, 7) is 1.72. The summed E-state index contributed by atoms with van der Waals surface area (Å²) < 4.78 is 13.8. The average molecular weight is 299 g/mol. The second kappa shape index (κ2) is 6.93. The van der Waals surface area contributed by atoms with E-state index in [1.165, 1.54) is 12.5 Å². The lowest BCUT2D eigenvalue weighted by atomic mass is 9.95. The lowest BCUT2D eigenvalue weighted by Crippen LogP contribution is -2.44. The zero-order valence-electron chi connectivity index (χ0n) is 11.6. The van der Waals surface area contributed by atoms with Gasteiger partial charge < -0.3 is 10.6 Å². The summed E-state index contributed by atoms with van der Waals surface area (Å²) in [5.41, 5.74) is 0.254. The molecule has 0 saturated heterocycles. The van der Waals surface area contributed by atoms with Crippen LogP contribution in [0.15, 0.2) is 18.2 Å². The van der Waals surface area contributed by atoms with E-state index in [4.69, 9.17) is 11.6 Å². The van der Waals surface area contributed by atoms with Gasteiger partial charge in [0.15, 0.2) is 5.82 Å². The lowest BCUT2D eigenvalue weighted by Gasteiger charge is -2.25. The first-order valence-electron chi connectivity index (χ1n) is 7.09. The molecular weight excluding hydrogens is 279 g/mol. The van der Waals surface area contributed by atoms with Gasteiger partial charge in [0, 0.05) is 6.04 Å². The van der Waals surface area contributed by atoms with E-state index in [2.05, 4.69) is 10.6 Å². The number of benzene rings is 1. The standard InChI is InChI=1S/C15H20ClFN2O/c1-10(15(20)19-11-6-3-2-4-7-11)18-13-9-5-8-12(16)14(13)17/h5,8-11,18H,2-4,6-7H2,1H3,(H,19,20). The van der Waals surface area contributed by atoms with E-state index in [0.29, 0.717) is 0 Å². The number of carbonyl (C=O) groups excluding carboxylic acids is 1. The van der Waals surface area contributed by atoms with E-state index in [-0.39, 0.29) is 22.7 Å². The second-order valence-corrected chi connectivity index (χ2v) is 5.72. The molecule has 1 amide bonds. The van der Waals surface area contributed by atoms with Crippen LogP contribution in [0.4, 0.5) is 10.1 Å². The van der Waals surface area contributed by atoms with E-state index >= 15 is 0 Å². The van der Waals surface area contributed by atoms with Crippen molar-refractivity contribution < 1.29 is 9.18 Å². The van der Waals surface area contributed by atoms with Gasteiger partial charge in [-0.2, -0.15) is 0 Å². The van der Waals surface area contributed by atoms with Crippen molar-refractivity contribution in [3.8, 4) is 0 Å². The van der Waals surface area contributed by atoms with E-state index in [0.717, 1.165) is 25.7 Å². The zero-order valence-corrected chi connectivity index (χ0v) is 12.3. The minimum Gasteiger partial charge on any atom is -0.371 e. The number of halogens is 2. The Balaban J connectivity index is 1.91. The fraction of sp³-hybridized carbons (Fsp3) is 0.533. The van der Waals surface area contributed by atoms with Crippen LogP contribution in [0.2, 0.25) is 5.02 Å². The first-order valence-corrected chi connectivity index (χ1v) is 7.46. The quantitative estimate of drug-likeness (QED) is 0.889. The van der Waals surface area contributed by atoms with Crippen LogP contribution in [0.1, 0.15) is 39.0 Å². The van der Waals surface area contributed by atoms with Crippen LogP contribution in [-0.2, 0) is 4.79 Å². The molecule has 1 saturated carbocycles. The van der Waals surface area contributed by atoms with Crippen LogP contribution in [-0.4, -0.2) is 18.0 Å². The molecule has 0 bridgehead atoms. The lowest BCUT2D eigenvalue weighted by molar-refractivity contribution is -0.122. The number of nitrogens with one attached hydrogen (secondary N) is 2. The normalized spacial score (nSPS) is 17.6. The zero-order chi connectivity index (χ0) is 14.5. The average Bonchev–Trinajstić information content (AvgIpc) is 2.45. The molecule has 0 heterocycles. The molecule has 110 valence electrons. The molecule has 2 N–H and O–H groups in total. The highest BCUT2D eigenvalue weighted by Gasteiger charge is 2.20. The third kappa shape index (κ3) is 3.85. The fourth-order valence-electron chi connectivity index (χ4n) is 2.49. The van der Waals surface area contributed by atoms with Crippen molar-refractivity contribution in [1.29, 1.82) is 0 Å². The maximum atomic E-state index is 13.8. The first kappa shape index (κ1) is 15.1. The van der Waals surface area contributed by atoms with Gasteiger partial charge in [-0.25, -0.2) is 4.39 Å². The van der Waals surface area contributed by atoms with Gasteiger partial charge in [0.25, 0.3) is 0 Å². The van der Waals surface area contributed by atoms with Crippen LogP contribution in [0, 0.1) is 5.82 Å². The largest absolute Gasteiger partial charge is 0.371 e. The van der Waals surface area contributed by atoms with E-state index in [9.17, 15) is 9.18 Å². The fourth-order valence-corrected chi connectivity index (χ4v) is 2.66. The molecule has 2 rings (SSSR count). The summed E-state index contributed by atoms with van der Waals surface area (Å²) in [6.07, 6.45) is 5.63. The summed E-state index contributed by atoms with van der Waals surface area (Å²) in [4.78, 5) is 12.1. The van der Waals surface area contributed by atoms with Gasteiger partial charge in [0.1, 0.15) is 6.04 Å². The second-order valence-electron chi connectivity index (χ2n) is 5.31. The van der Waals surface area contributed by atoms with Gasteiger partial charge in [-0.1, -0.05) is 36.9 Å². The highest BCUT2D eigenvalue weighted by molar-refractivity contribution is 6.31. The van der Waals surface area contributed by atoms with E-state index in [1.54, 1.807) is 19.1 Å². The van der Waals surface area contributed by atoms with Crippen molar-refractivity contribution >= 4 is 23.2 Å². The summed E-state index contributed by atoms with van der Waals surface area (Å²) in [7, 11) is 0. The van der Waals surface area contributed by atoms with Gasteiger partial charge in [0.05, 0.1) is 10.7 Å². The van der Waals surface area contributed by atoms with Crippen LogP contribution in [0.5, 0.6) is 0 Å². The molecule has 1 aromatic carbocycles. The number of hydrogen-bond acceptors (Lipinski definition) is 2. The van der Waals surface area contributed by atoms with Crippen molar-refractivity contribution in [3.63, 3.8) is 0 Å². The molecule has 1 aromatic rings. The molecule has 0 aliphatic heterocycles. The van der Waals surface area contributed by atoms with Crippen molar-refractivity contribution in [1.82, 2.24) is 5.32 Å². The molecule has 1 atom stereocenters. The summed E-state index contributed by atoms with van der Waals surface area (Å²) >= 11 is 5.72. The van der Waals surface area contributed by atoms with Gasteiger partial charge in [-0.3, -0.25) is 4.79 Å². The Morgan fingerprint density at radius 3 is 2.75 bits per heavy atom. The summed E-state index contributed by atoms with van der Waals surface area (Å²) in [6, 6.07) is 4.47. The molecule has 0 spiro atoms. The molecule has 0 aromatic heterocycles. The highest BCUT2D eigenvalue weighted by atomic mass is 35.5. The van der Waals surface area contributed by atoms with E-state index < -0.39 is 11.9 Å². The smallest absolute Gasteiger partial charge is 0.242 e. The van der Waals surface area contributed by atoms with Crippen LogP contribution < -0.4 is 10.6 Å². The molecule has 1 fully saturated rings. The molecule has 0 radical (unpaired) electrons. The number of anilines is 1. The third-order valence-electron chi connectivity index (χ3n) is 3.67. The van der Waals surface area contributed by atoms with Crippen LogP contribution in [0.3, 0.4) is 0 Å². The molecule has 1 aliphatic carbocycles. The molecule has 20 heavy (non-hydrogen) atoms. The van der Waals surface area contributed by atoms with Crippen LogP contribution in [0.25, 0.3) is 0 Å². The van der Waals surface area contributed by atoms with Crippen LogP contribution >= 0.6 is 11.6 Å². The number of rotatable bonds is 4. The minimum atomic E-state index is -0.522. The Morgan fingerprint density at radius 2 is 2.05 bits per heavy atom. The Labute approximate surface area is 123 Å².